The van der Waals surface area contributed by atoms with E-state index in [1.54, 1.807) is 11.7 Å². The van der Waals surface area contributed by atoms with Gasteiger partial charge in [-0.3, -0.25) is 9.58 Å². The number of anilines is 1. The van der Waals surface area contributed by atoms with E-state index in [4.69, 9.17) is 11.6 Å². The number of carbonyl (C=O) groups excluding carboxylic acids is 1. The molecule has 0 aliphatic carbocycles. The van der Waals surface area contributed by atoms with Gasteiger partial charge in [0.2, 0.25) is 0 Å². The maximum absolute atomic E-state index is 14.0. The Morgan fingerprint density at radius 1 is 1.23 bits per heavy atom. The zero-order valence-electron chi connectivity index (χ0n) is 16.6. The van der Waals surface area contributed by atoms with E-state index < -0.39 is 29.3 Å². The molecule has 164 valence electrons. The van der Waals surface area contributed by atoms with Crippen molar-refractivity contribution in [3.63, 3.8) is 0 Å². The number of alkyl halides is 3. The number of nitrogens with zero attached hydrogens (tertiary/aromatic N) is 4. The highest BCUT2D eigenvalue weighted by atomic mass is 35.5. The standard InChI is InChI=1S/C19H22ClF4N5O/c1-12-13(17(20)27(2)26-12)11-28-7-4-8-29(10-9-28)18(30)25-16-14(19(22,23)24)5-3-6-15(16)21/h3,5-6H,4,7-11H2,1-2H3,(H,25,30). The molecule has 3 rings (SSSR count). The van der Waals surface area contributed by atoms with Crippen LogP contribution in [-0.2, 0) is 19.8 Å². The van der Waals surface area contributed by atoms with Crippen LogP contribution in [0, 0.1) is 12.7 Å². The Labute approximate surface area is 176 Å². The molecule has 0 radical (unpaired) electrons. The summed E-state index contributed by atoms with van der Waals surface area (Å²) in [4.78, 5) is 16.1. The first kappa shape index (κ1) is 22.4. The van der Waals surface area contributed by atoms with Gasteiger partial charge in [0, 0.05) is 45.3 Å². The van der Waals surface area contributed by atoms with Crippen molar-refractivity contribution in [1.29, 1.82) is 0 Å². The Morgan fingerprint density at radius 3 is 2.60 bits per heavy atom. The number of hydrogen-bond donors (Lipinski definition) is 1. The number of halogens is 5. The Morgan fingerprint density at radius 2 is 1.97 bits per heavy atom. The van der Waals surface area contributed by atoms with Gasteiger partial charge >= 0.3 is 12.2 Å². The van der Waals surface area contributed by atoms with Crippen molar-refractivity contribution in [3.8, 4) is 0 Å². The SMILES string of the molecule is Cc1nn(C)c(Cl)c1CN1CCCN(C(=O)Nc2c(F)cccc2C(F)(F)F)CC1. The lowest BCUT2D eigenvalue weighted by atomic mass is 10.1. The minimum absolute atomic E-state index is 0.290. The van der Waals surface area contributed by atoms with Gasteiger partial charge < -0.3 is 10.2 Å². The van der Waals surface area contributed by atoms with Crippen molar-refractivity contribution in [2.45, 2.75) is 26.1 Å². The largest absolute Gasteiger partial charge is 0.418 e. The van der Waals surface area contributed by atoms with Gasteiger partial charge in [0.15, 0.2) is 0 Å². The Kier molecular flexibility index (Phi) is 6.56. The summed E-state index contributed by atoms with van der Waals surface area (Å²) in [7, 11) is 1.76. The highest BCUT2D eigenvalue weighted by Gasteiger charge is 2.35. The molecule has 11 heteroatoms. The fourth-order valence-electron chi connectivity index (χ4n) is 3.48. The van der Waals surface area contributed by atoms with Crippen molar-refractivity contribution >= 4 is 23.3 Å². The highest BCUT2D eigenvalue weighted by Crippen LogP contribution is 2.36. The van der Waals surface area contributed by atoms with Gasteiger partial charge in [-0.15, -0.1) is 0 Å². The van der Waals surface area contributed by atoms with Gasteiger partial charge in [-0.1, -0.05) is 17.7 Å². The summed E-state index contributed by atoms with van der Waals surface area (Å²) in [5, 5.41) is 6.94. The lowest BCUT2D eigenvalue weighted by Crippen LogP contribution is -2.38. The van der Waals surface area contributed by atoms with Crippen LogP contribution in [0.1, 0.15) is 23.2 Å². The molecule has 0 spiro atoms. The number of aryl methyl sites for hydroxylation is 2. The summed E-state index contributed by atoms with van der Waals surface area (Å²) < 4.78 is 55.1. The maximum Gasteiger partial charge on any atom is 0.418 e. The predicted molar refractivity (Wildman–Crippen MR) is 105 cm³/mol. The first-order chi connectivity index (χ1) is 14.1. The van der Waals surface area contributed by atoms with Crippen LogP contribution in [-0.4, -0.2) is 51.8 Å². The number of aromatic nitrogens is 2. The zero-order valence-corrected chi connectivity index (χ0v) is 17.3. The lowest BCUT2D eigenvalue weighted by molar-refractivity contribution is -0.137. The van der Waals surface area contributed by atoms with Crippen LogP contribution in [0.3, 0.4) is 0 Å². The van der Waals surface area contributed by atoms with Crippen molar-refractivity contribution in [2.75, 3.05) is 31.5 Å². The molecule has 0 bridgehead atoms. The monoisotopic (exact) mass is 447 g/mol. The second-order valence-corrected chi connectivity index (χ2v) is 7.54. The number of hydrogen-bond acceptors (Lipinski definition) is 3. The summed E-state index contributed by atoms with van der Waals surface area (Å²) >= 11 is 6.28. The molecule has 30 heavy (non-hydrogen) atoms. The third kappa shape index (κ3) is 4.86. The molecule has 1 fully saturated rings. The van der Waals surface area contributed by atoms with Gasteiger partial charge in [0.25, 0.3) is 0 Å². The van der Waals surface area contributed by atoms with Gasteiger partial charge in [-0.25, -0.2) is 9.18 Å². The number of urea groups is 1. The van der Waals surface area contributed by atoms with Gasteiger partial charge in [-0.2, -0.15) is 18.3 Å². The third-order valence-electron chi connectivity index (χ3n) is 5.08. The highest BCUT2D eigenvalue weighted by molar-refractivity contribution is 6.30. The number of carbonyl (C=O) groups is 1. The summed E-state index contributed by atoms with van der Waals surface area (Å²) in [5.74, 6) is -1.13. The number of rotatable bonds is 3. The van der Waals surface area contributed by atoms with E-state index in [1.807, 2.05) is 6.92 Å². The molecule has 6 nitrogen and oxygen atoms in total. The molecule has 1 aliphatic heterocycles. The second kappa shape index (κ2) is 8.81. The summed E-state index contributed by atoms with van der Waals surface area (Å²) in [5.41, 5.74) is -0.346. The van der Waals surface area contributed by atoms with Crippen molar-refractivity contribution in [2.24, 2.45) is 7.05 Å². The molecule has 0 saturated carbocycles. The fraction of sp³-hybridized carbons (Fsp3) is 0.474. The van der Waals surface area contributed by atoms with E-state index in [0.717, 1.165) is 29.5 Å². The van der Waals surface area contributed by atoms with Crippen LogP contribution >= 0.6 is 11.6 Å². The van der Waals surface area contributed by atoms with Crippen LogP contribution in [0.4, 0.5) is 28.0 Å². The molecule has 0 atom stereocenters. The fourth-order valence-corrected chi connectivity index (χ4v) is 3.72. The Balaban J connectivity index is 1.67. The first-order valence-electron chi connectivity index (χ1n) is 9.40. The zero-order chi connectivity index (χ0) is 22.1. The number of benzene rings is 1. The molecule has 1 N–H and O–H groups in total. The van der Waals surface area contributed by atoms with E-state index >= 15 is 0 Å². The normalized spacial score (nSPS) is 15.9. The molecule has 0 unspecified atom stereocenters. The minimum Gasteiger partial charge on any atom is -0.323 e. The summed E-state index contributed by atoms with van der Waals surface area (Å²) in [6, 6.07) is 1.82. The first-order valence-corrected chi connectivity index (χ1v) is 9.77. The molecule has 1 aromatic carbocycles. The smallest absolute Gasteiger partial charge is 0.323 e. The molecule has 1 aromatic heterocycles. The number of para-hydroxylation sites is 1. The Bertz CT molecular complexity index is 930. The van der Waals surface area contributed by atoms with Crippen molar-refractivity contribution < 1.29 is 22.4 Å². The van der Waals surface area contributed by atoms with Crippen LogP contribution in [0.2, 0.25) is 5.15 Å². The topological polar surface area (TPSA) is 53.4 Å². The number of amides is 2. The van der Waals surface area contributed by atoms with Crippen LogP contribution in [0.15, 0.2) is 18.2 Å². The lowest BCUT2D eigenvalue weighted by Gasteiger charge is -2.23. The average molecular weight is 448 g/mol. The molecule has 2 aromatic rings. The third-order valence-corrected chi connectivity index (χ3v) is 5.55. The Hall–Kier alpha value is -2.33. The van der Waals surface area contributed by atoms with Gasteiger partial charge in [-0.05, 0) is 25.5 Å². The summed E-state index contributed by atoms with van der Waals surface area (Å²) in [6.07, 6.45) is -4.16. The molecule has 1 saturated heterocycles. The van der Waals surface area contributed by atoms with Crippen molar-refractivity contribution in [1.82, 2.24) is 19.6 Å². The maximum atomic E-state index is 14.0. The molecule has 2 heterocycles. The second-order valence-electron chi connectivity index (χ2n) is 7.19. The average Bonchev–Trinajstić information content (AvgIpc) is 2.84. The minimum atomic E-state index is -4.78. The van der Waals surface area contributed by atoms with E-state index in [0.29, 0.717) is 44.3 Å². The number of nitrogens with one attached hydrogen (secondary N) is 1. The molecule has 2 amide bonds. The molecule has 1 aliphatic rings. The van der Waals surface area contributed by atoms with E-state index in [-0.39, 0.29) is 0 Å². The van der Waals surface area contributed by atoms with Crippen LogP contribution < -0.4 is 5.32 Å². The molecular formula is C19H22ClF4N5O. The van der Waals surface area contributed by atoms with Crippen LogP contribution in [0.25, 0.3) is 0 Å². The van der Waals surface area contributed by atoms with E-state index in [2.05, 4.69) is 15.3 Å². The predicted octanol–water partition coefficient (Wildman–Crippen LogP) is 4.28. The van der Waals surface area contributed by atoms with Gasteiger partial charge in [0.05, 0.1) is 16.9 Å². The summed E-state index contributed by atoms with van der Waals surface area (Å²) in [6.45, 7) is 4.24. The quantitative estimate of drug-likeness (QED) is 0.714. The van der Waals surface area contributed by atoms with E-state index in [9.17, 15) is 22.4 Å². The molecular weight excluding hydrogens is 426 g/mol. The van der Waals surface area contributed by atoms with E-state index in [1.165, 1.54) is 4.90 Å². The van der Waals surface area contributed by atoms with Crippen LogP contribution in [0.5, 0.6) is 0 Å². The van der Waals surface area contributed by atoms with Gasteiger partial charge in [0.1, 0.15) is 11.0 Å². The van der Waals surface area contributed by atoms with Crippen molar-refractivity contribution in [3.05, 3.63) is 46.0 Å².